The highest BCUT2D eigenvalue weighted by atomic mass is 31.2. The first-order valence-electron chi connectivity index (χ1n) is 1.39. The molecule has 0 aliphatic carbocycles. The van der Waals surface area contributed by atoms with Crippen LogP contribution in [0.4, 0.5) is 0 Å². The minimum absolute atomic E-state index is 0.660. The fourth-order valence-corrected chi connectivity index (χ4v) is 0. The summed E-state index contributed by atoms with van der Waals surface area (Å²) < 4.78 is 0. The first-order valence-corrected chi connectivity index (χ1v) is 3.60. The van der Waals surface area contributed by atoms with E-state index >= 15 is 0 Å². The van der Waals surface area contributed by atoms with Crippen LogP contribution in [0.1, 0.15) is 0 Å². The highest BCUT2D eigenvalue weighted by molar-refractivity contribution is 7.78. The first kappa shape index (κ1) is 6.02. The van der Waals surface area contributed by atoms with Gasteiger partial charge in [-0.1, -0.05) is 0 Å². The normalized spacial score (nSPS) is 11.2. The van der Waals surface area contributed by atoms with Gasteiger partial charge in [0.2, 0.25) is 0 Å². The van der Waals surface area contributed by atoms with Crippen molar-refractivity contribution in [2.24, 2.45) is 0 Å². The predicted octanol–water partition coefficient (Wildman–Crippen LogP) is 0.0555. The Balaban J connectivity index is 3.45. The molecule has 3 N–H and O–H groups in total. The third-order valence-electron chi connectivity index (χ3n) is 0.245. The highest BCUT2D eigenvalue weighted by Gasteiger charge is 2.19. The molecule has 0 radical (unpaired) electrons. The lowest BCUT2D eigenvalue weighted by Crippen LogP contribution is -1.83. The molecule has 3 nitrogen and oxygen atoms in total. The molecule has 0 aromatic carbocycles. The lowest BCUT2D eigenvalue weighted by Gasteiger charge is -1.91. The van der Waals surface area contributed by atoms with E-state index in [4.69, 9.17) is 15.2 Å². The largest absolute Gasteiger partial charge is 0.307 e. The molecule has 0 aromatic rings. The minimum Gasteiger partial charge on any atom is -0.270 e. The molecule has 0 saturated heterocycles. The van der Waals surface area contributed by atoms with Crippen LogP contribution in [0.25, 0.3) is 0 Å². The molecule has 0 saturated carbocycles. The van der Waals surface area contributed by atoms with E-state index in [1.165, 1.54) is 6.66 Å². The zero-order valence-corrected chi connectivity index (χ0v) is 4.31. The summed E-state index contributed by atoms with van der Waals surface area (Å²) in [7, 11) is -2.85. The second kappa shape index (κ2) is 1.65. The number of rotatable bonds is 1. The van der Waals surface area contributed by atoms with Crippen LogP contribution in [0.3, 0.4) is 0 Å². The summed E-state index contributed by atoms with van der Waals surface area (Å²) in [6, 6.07) is 0. The molecule has 0 aliphatic rings. The zero-order chi connectivity index (χ0) is 5.21. The van der Waals surface area contributed by atoms with E-state index in [2.05, 4.69) is 0 Å². The molecule has 0 rings (SSSR count). The summed E-state index contributed by atoms with van der Waals surface area (Å²) in [5, 5.41) is 6.28. The van der Waals surface area contributed by atoms with Crippen LogP contribution in [0.5, 0.6) is 0 Å². The van der Waals surface area contributed by atoms with Gasteiger partial charge in [-0.3, -0.25) is 5.41 Å². The molecule has 0 unspecified atom stereocenters. The van der Waals surface area contributed by atoms with Crippen LogP contribution in [0.15, 0.2) is 0 Å². The Hall–Kier alpha value is 0.0200. The van der Waals surface area contributed by atoms with Crippen LogP contribution in [0, 0.1) is 5.41 Å². The lowest BCUT2D eigenvalue weighted by molar-refractivity contribution is 0.478. The van der Waals surface area contributed by atoms with Crippen molar-refractivity contribution in [3.8, 4) is 0 Å². The van der Waals surface area contributed by atoms with E-state index in [0.29, 0.717) is 5.96 Å². The SMILES string of the molecule is C[P+](O)(O)C=N. The average Bonchev–Trinajstić information content (AvgIpc) is 1.35. The third kappa shape index (κ3) is 4.02. The monoisotopic (exact) mass is 108 g/mol. The van der Waals surface area contributed by atoms with E-state index in [0.717, 1.165) is 0 Å². The van der Waals surface area contributed by atoms with Crippen molar-refractivity contribution in [2.45, 2.75) is 0 Å². The van der Waals surface area contributed by atoms with E-state index < -0.39 is 7.72 Å². The van der Waals surface area contributed by atoms with Gasteiger partial charge in [0.05, 0.1) is 0 Å². The number of nitrogens with one attached hydrogen (secondary N) is 1. The Morgan fingerprint density at radius 1 is 1.67 bits per heavy atom. The Morgan fingerprint density at radius 2 is 1.83 bits per heavy atom. The second-order valence-corrected chi connectivity index (χ2v) is 3.32. The molecule has 0 atom stereocenters. The van der Waals surface area contributed by atoms with Crippen molar-refractivity contribution in [1.29, 1.82) is 5.41 Å². The van der Waals surface area contributed by atoms with Crippen LogP contribution in [-0.2, 0) is 0 Å². The van der Waals surface area contributed by atoms with Gasteiger partial charge < -0.3 is 0 Å². The number of hydrogen-bond acceptors (Lipinski definition) is 3. The summed E-state index contributed by atoms with van der Waals surface area (Å²) in [5.74, 6) is 0.660. The molecule has 0 fully saturated rings. The molecule has 0 spiro atoms. The summed E-state index contributed by atoms with van der Waals surface area (Å²) in [6.07, 6.45) is 0. The maximum atomic E-state index is 8.25. The van der Waals surface area contributed by atoms with Gasteiger partial charge in [-0.15, -0.1) is 0 Å². The smallest absolute Gasteiger partial charge is 0.270 e. The van der Waals surface area contributed by atoms with Gasteiger partial charge in [0.25, 0.3) is 0 Å². The van der Waals surface area contributed by atoms with E-state index in [-0.39, 0.29) is 0 Å². The van der Waals surface area contributed by atoms with Gasteiger partial charge >= 0.3 is 7.72 Å². The standard InChI is InChI=1S/C2H7NO2P/c1-6(4,5)2-3/h2-5H,1H3/q+1. The van der Waals surface area contributed by atoms with Crippen molar-refractivity contribution in [3.63, 3.8) is 0 Å². The van der Waals surface area contributed by atoms with Crippen molar-refractivity contribution in [3.05, 3.63) is 0 Å². The Labute approximate surface area is 36.6 Å². The molecular weight excluding hydrogens is 101 g/mol. The van der Waals surface area contributed by atoms with E-state index in [1.807, 2.05) is 0 Å². The summed E-state index contributed by atoms with van der Waals surface area (Å²) in [6.45, 7) is 1.22. The zero-order valence-electron chi connectivity index (χ0n) is 3.42. The van der Waals surface area contributed by atoms with Crippen molar-refractivity contribution in [1.82, 2.24) is 0 Å². The molecule has 0 aliphatic heterocycles. The van der Waals surface area contributed by atoms with Crippen LogP contribution in [0.2, 0.25) is 0 Å². The predicted molar refractivity (Wildman–Crippen MR) is 26.1 cm³/mol. The van der Waals surface area contributed by atoms with Crippen LogP contribution >= 0.6 is 7.72 Å². The fraction of sp³-hybridized carbons (Fsp3) is 0.500. The summed E-state index contributed by atoms with van der Waals surface area (Å²) >= 11 is 0. The van der Waals surface area contributed by atoms with E-state index in [9.17, 15) is 0 Å². The van der Waals surface area contributed by atoms with E-state index in [1.54, 1.807) is 0 Å². The summed E-state index contributed by atoms with van der Waals surface area (Å²) in [4.78, 5) is 16.5. The quantitative estimate of drug-likeness (QED) is 0.328. The van der Waals surface area contributed by atoms with Gasteiger partial charge in [-0.25, -0.2) is 9.79 Å². The van der Waals surface area contributed by atoms with Crippen LogP contribution in [-0.4, -0.2) is 22.4 Å². The van der Waals surface area contributed by atoms with Crippen molar-refractivity contribution < 1.29 is 9.79 Å². The molecule has 6 heavy (non-hydrogen) atoms. The maximum absolute atomic E-state index is 8.25. The van der Waals surface area contributed by atoms with Crippen molar-refractivity contribution in [2.75, 3.05) is 6.66 Å². The topological polar surface area (TPSA) is 64.3 Å². The average molecular weight is 108 g/mol. The molecule has 4 heteroatoms. The Bertz CT molecular complexity index is 57.1. The molecule has 0 heterocycles. The van der Waals surface area contributed by atoms with Gasteiger partial charge in [-0.2, -0.15) is 0 Å². The molecule has 36 valence electrons. The minimum atomic E-state index is -2.85. The second-order valence-electron chi connectivity index (χ2n) is 1.11. The number of hydrogen-bond donors (Lipinski definition) is 3. The van der Waals surface area contributed by atoms with Gasteiger partial charge in [0, 0.05) is 0 Å². The maximum Gasteiger partial charge on any atom is 0.307 e. The molecule has 0 aromatic heterocycles. The van der Waals surface area contributed by atoms with Gasteiger partial charge in [-0.05, 0) is 0 Å². The highest BCUT2D eigenvalue weighted by Crippen LogP contribution is 2.40. The van der Waals surface area contributed by atoms with Crippen LogP contribution < -0.4 is 0 Å². The third-order valence-corrected chi connectivity index (χ3v) is 0.734. The summed E-state index contributed by atoms with van der Waals surface area (Å²) in [5.41, 5.74) is 0. The fourth-order valence-electron chi connectivity index (χ4n) is 0. The Morgan fingerprint density at radius 3 is 1.83 bits per heavy atom. The first-order chi connectivity index (χ1) is 2.56. The molecule has 0 bridgehead atoms. The van der Waals surface area contributed by atoms with Gasteiger partial charge in [0.1, 0.15) is 6.66 Å². The molecule has 0 amide bonds. The lowest BCUT2D eigenvalue weighted by atomic mass is 11.7. The van der Waals surface area contributed by atoms with Crippen molar-refractivity contribution >= 4 is 13.7 Å². The molecular formula is C2H7NO2P+. The van der Waals surface area contributed by atoms with Gasteiger partial charge in [0.15, 0.2) is 5.96 Å². The Kier molecular flexibility index (Phi) is 1.65.